The minimum atomic E-state index is -3.62. The number of benzene rings is 2. The average Bonchev–Trinajstić information content (AvgIpc) is 2.79. The molecule has 1 heterocycles. The van der Waals surface area contributed by atoms with E-state index in [1.54, 1.807) is 36.4 Å². The molecule has 1 fully saturated rings. The zero-order valence-corrected chi connectivity index (χ0v) is 18.3. The standard InChI is InChI=1S/C22H27N3O5S/c1-2-23-21(26)16-30-19-10-7-9-18(15-19)24-22(27)17-8-6-11-20(14-17)31(28,29)25-12-4-3-5-13-25/h6-11,14-15H,2-5,12-13,16H2,1H3,(H,23,26)(H,24,27). The Balaban J connectivity index is 1.69. The zero-order chi connectivity index (χ0) is 22.3. The number of likely N-dealkylation sites (N-methyl/N-ethyl adjacent to an activating group) is 1. The van der Waals surface area contributed by atoms with Gasteiger partial charge in [0, 0.05) is 37.0 Å². The fourth-order valence-electron chi connectivity index (χ4n) is 3.32. The average molecular weight is 446 g/mol. The van der Waals surface area contributed by atoms with Crippen molar-refractivity contribution < 1.29 is 22.7 Å². The summed E-state index contributed by atoms with van der Waals surface area (Å²) in [6.45, 7) is 3.22. The minimum absolute atomic E-state index is 0.112. The van der Waals surface area contributed by atoms with Gasteiger partial charge in [-0.1, -0.05) is 18.6 Å². The summed E-state index contributed by atoms with van der Waals surface area (Å²) in [6.07, 6.45) is 2.72. The Bertz CT molecular complexity index is 1030. The van der Waals surface area contributed by atoms with Gasteiger partial charge in [-0.15, -0.1) is 0 Å². The Labute approximate surface area is 182 Å². The van der Waals surface area contributed by atoms with E-state index in [2.05, 4.69) is 10.6 Å². The molecule has 9 heteroatoms. The van der Waals surface area contributed by atoms with E-state index in [-0.39, 0.29) is 23.0 Å². The molecule has 2 aromatic carbocycles. The van der Waals surface area contributed by atoms with Crippen molar-refractivity contribution in [1.82, 2.24) is 9.62 Å². The fourth-order valence-corrected chi connectivity index (χ4v) is 4.88. The van der Waals surface area contributed by atoms with E-state index in [4.69, 9.17) is 4.74 Å². The summed E-state index contributed by atoms with van der Waals surface area (Å²) in [5.41, 5.74) is 0.717. The molecule has 1 aliphatic heterocycles. The summed E-state index contributed by atoms with van der Waals surface area (Å²) >= 11 is 0. The Morgan fingerprint density at radius 1 is 1.03 bits per heavy atom. The maximum absolute atomic E-state index is 12.9. The minimum Gasteiger partial charge on any atom is -0.484 e. The highest BCUT2D eigenvalue weighted by atomic mass is 32.2. The number of anilines is 1. The molecule has 0 aromatic heterocycles. The van der Waals surface area contributed by atoms with Crippen LogP contribution in [0.25, 0.3) is 0 Å². The van der Waals surface area contributed by atoms with Crippen LogP contribution in [0.15, 0.2) is 53.4 Å². The van der Waals surface area contributed by atoms with Crippen LogP contribution in [-0.4, -0.2) is 50.8 Å². The van der Waals surface area contributed by atoms with Crippen molar-refractivity contribution in [3.8, 4) is 5.75 Å². The van der Waals surface area contributed by atoms with Crippen molar-refractivity contribution >= 4 is 27.5 Å². The molecule has 0 bridgehead atoms. The van der Waals surface area contributed by atoms with Crippen LogP contribution >= 0.6 is 0 Å². The second kappa shape index (κ2) is 10.4. The van der Waals surface area contributed by atoms with Crippen molar-refractivity contribution in [1.29, 1.82) is 0 Å². The van der Waals surface area contributed by atoms with Crippen LogP contribution in [0.1, 0.15) is 36.5 Å². The van der Waals surface area contributed by atoms with E-state index in [0.29, 0.717) is 31.1 Å². The van der Waals surface area contributed by atoms with Crippen LogP contribution in [0, 0.1) is 0 Å². The van der Waals surface area contributed by atoms with Gasteiger partial charge in [0.25, 0.3) is 11.8 Å². The quantitative estimate of drug-likeness (QED) is 0.650. The summed E-state index contributed by atoms with van der Waals surface area (Å²) in [7, 11) is -3.62. The Morgan fingerprint density at radius 2 is 1.77 bits per heavy atom. The molecule has 1 saturated heterocycles. The number of nitrogens with one attached hydrogen (secondary N) is 2. The summed E-state index contributed by atoms with van der Waals surface area (Å²) in [5.74, 6) is -0.231. The highest BCUT2D eigenvalue weighted by Gasteiger charge is 2.26. The number of piperidine rings is 1. The third-order valence-electron chi connectivity index (χ3n) is 4.88. The molecule has 2 amide bonds. The smallest absolute Gasteiger partial charge is 0.257 e. The topological polar surface area (TPSA) is 105 Å². The lowest BCUT2D eigenvalue weighted by molar-refractivity contribution is -0.122. The summed E-state index contributed by atoms with van der Waals surface area (Å²) in [6, 6.07) is 12.7. The molecule has 8 nitrogen and oxygen atoms in total. The number of hydrogen-bond donors (Lipinski definition) is 2. The lowest BCUT2D eigenvalue weighted by Gasteiger charge is -2.26. The number of rotatable bonds is 8. The lowest BCUT2D eigenvalue weighted by atomic mass is 10.2. The van der Waals surface area contributed by atoms with Gasteiger partial charge in [-0.05, 0) is 50.1 Å². The van der Waals surface area contributed by atoms with Gasteiger partial charge >= 0.3 is 0 Å². The van der Waals surface area contributed by atoms with Crippen molar-refractivity contribution in [2.45, 2.75) is 31.1 Å². The van der Waals surface area contributed by atoms with Gasteiger partial charge in [0.1, 0.15) is 5.75 Å². The SMILES string of the molecule is CCNC(=O)COc1cccc(NC(=O)c2cccc(S(=O)(=O)N3CCCCC3)c2)c1. The predicted molar refractivity (Wildman–Crippen MR) is 118 cm³/mol. The molecule has 1 aliphatic rings. The second-order valence-corrected chi connectivity index (χ2v) is 9.15. The van der Waals surface area contributed by atoms with Gasteiger partial charge in [0.15, 0.2) is 6.61 Å². The molecule has 2 N–H and O–H groups in total. The van der Waals surface area contributed by atoms with E-state index in [1.807, 2.05) is 6.92 Å². The molecule has 0 spiro atoms. The highest BCUT2D eigenvalue weighted by Crippen LogP contribution is 2.22. The highest BCUT2D eigenvalue weighted by molar-refractivity contribution is 7.89. The van der Waals surface area contributed by atoms with Crippen LogP contribution in [0.2, 0.25) is 0 Å². The number of carbonyl (C=O) groups is 2. The first kappa shape index (κ1) is 22.8. The molecule has 0 saturated carbocycles. The van der Waals surface area contributed by atoms with Crippen molar-refractivity contribution in [2.24, 2.45) is 0 Å². The van der Waals surface area contributed by atoms with Crippen LogP contribution in [-0.2, 0) is 14.8 Å². The summed E-state index contributed by atoms with van der Waals surface area (Å²) in [4.78, 5) is 24.4. The monoisotopic (exact) mass is 445 g/mol. The molecule has 0 unspecified atom stereocenters. The maximum atomic E-state index is 12.9. The summed E-state index contributed by atoms with van der Waals surface area (Å²) < 4.78 is 32.7. The number of ether oxygens (including phenoxy) is 1. The largest absolute Gasteiger partial charge is 0.484 e. The molecule has 0 radical (unpaired) electrons. The first-order valence-electron chi connectivity index (χ1n) is 10.3. The normalized spacial score (nSPS) is 14.6. The molecule has 0 atom stereocenters. The zero-order valence-electron chi connectivity index (χ0n) is 17.5. The van der Waals surface area contributed by atoms with Gasteiger partial charge in [0.05, 0.1) is 4.90 Å². The van der Waals surface area contributed by atoms with Crippen LogP contribution < -0.4 is 15.4 Å². The van der Waals surface area contributed by atoms with Crippen molar-refractivity contribution in [3.63, 3.8) is 0 Å². The number of carbonyl (C=O) groups excluding carboxylic acids is 2. The third-order valence-corrected chi connectivity index (χ3v) is 6.78. The fraction of sp³-hybridized carbons (Fsp3) is 0.364. The van der Waals surface area contributed by atoms with Gasteiger partial charge in [-0.25, -0.2) is 8.42 Å². The van der Waals surface area contributed by atoms with Crippen LogP contribution in [0.3, 0.4) is 0 Å². The third kappa shape index (κ3) is 6.05. The van der Waals surface area contributed by atoms with Crippen LogP contribution in [0.4, 0.5) is 5.69 Å². The van der Waals surface area contributed by atoms with E-state index < -0.39 is 15.9 Å². The van der Waals surface area contributed by atoms with E-state index >= 15 is 0 Å². The number of sulfonamides is 1. The van der Waals surface area contributed by atoms with Crippen molar-refractivity contribution in [2.75, 3.05) is 31.6 Å². The van der Waals surface area contributed by atoms with Gasteiger partial charge in [-0.3, -0.25) is 9.59 Å². The van der Waals surface area contributed by atoms with Gasteiger partial charge in [0.2, 0.25) is 10.0 Å². The molecule has 31 heavy (non-hydrogen) atoms. The van der Waals surface area contributed by atoms with Crippen LogP contribution in [0.5, 0.6) is 5.75 Å². The number of nitrogens with zero attached hydrogens (tertiary/aromatic N) is 1. The first-order valence-corrected chi connectivity index (χ1v) is 11.8. The molecular weight excluding hydrogens is 418 g/mol. The Kier molecular flexibility index (Phi) is 7.64. The molecular formula is C22H27N3O5S. The number of hydrogen-bond acceptors (Lipinski definition) is 5. The Hall–Kier alpha value is -2.91. The van der Waals surface area contributed by atoms with E-state index in [9.17, 15) is 18.0 Å². The van der Waals surface area contributed by atoms with Gasteiger partial charge < -0.3 is 15.4 Å². The summed E-state index contributed by atoms with van der Waals surface area (Å²) in [5, 5.41) is 5.38. The number of amides is 2. The molecule has 3 rings (SSSR count). The van der Waals surface area contributed by atoms with E-state index in [0.717, 1.165) is 19.3 Å². The molecule has 0 aliphatic carbocycles. The maximum Gasteiger partial charge on any atom is 0.257 e. The molecule has 166 valence electrons. The second-order valence-electron chi connectivity index (χ2n) is 7.22. The van der Waals surface area contributed by atoms with Gasteiger partial charge in [-0.2, -0.15) is 4.31 Å². The first-order chi connectivity index (χ1) is 14.9. The molecule has 2 aromatic rings. The van der Waals surface area contributed by atoms with E-state index in [1.165, 1.54) is 16.4 Å². The lowest BCUT2D eigenvalue weighted by Crippen LogP contribution is -2.35. The predicted octanol–water partition coefficient (Wildman–Crippen LogP) is 2.63. The van der Waals surface area contributed by atoms with Crippen molar-refractivity contribution in [3.05, 3.63) is 54.1 Å². The Morgan fingerprint density at radius 3 is 2.52 bits per heavy atom.